The molecule has 0 spiro atoms. The van der Waals surface area contributed by atoms with E-state index in [0.717, 1.165) is 15.4 Å². The molecule has 0 bridgehead atoms. The molecule has 3 aromatic carbocycles. The molecule has 10 heteroatoms. The lowest BCUT2D eigenvalue weighted by Gasteiger charge is -2.32. The van der Waals surface area contributed by atoms with Crippen LogP contribution >= 0.6 is 11.6 Å². The van der Waals surface area contributed by atoms with Gasteiger partial charge in [0.15, 0.2) is 0 Å². The number of carbonyl (C=O) groups is 2. The number of hydrogen-bond acceptors (Lipinski definition) is 5. The minimum Gasteiger partial charge on any atom is -0.494 e. The monoisotopic (exact) mass is 557 g/mol. The maximum Gasteiger partial charge on any atom is 0.264 e. The van der Waals surface area contributed by atoms with E-state index in [1.807, 2.05) is 38.1 Å². The molecule has 202 valence electrons. The SMILES string of the molecule is CCOc1ccc(N(CC(=O)N(Cc2cccc(C)c2)[C@H](C)C(=O)NC)S(=O)(=O)c2ccc(Cl)cc2)cc1. The van der Waals surface area contributed by atoms with Gasteiger partial charge in [-0.15, -0.1) is 0 Å². The van der Waals surface area contributed by atoms with E-state index in [1.165, 1.54) is 36.2 Å². The third kappa shape index (κ3) is 7.05. The van der Waals surface area contributed by atoms with Crippen LogP contribution in [0.5, 0.6) is 5.75 Å². The number of carbonyl (C=O) groups excluding carboxylic acids is 2. The summed E-state index contributed by atoms with van der Waals surface area (Å²) in [5.74, 6) is -0.325. The third-order valence-corrected chi connectivity index (χ3v) is 8.01. The second-order valence-electron chi connectivity index (χ2n) is 8.69. The van der Waals surface area contributed by atoms with Gasteiger partial charge in [-0.1, -0.05) is 41.4 Å². The maximum atomic E-state index is 13.8. The molecule has 0 unspecified atom stereocenters. The van der Waals surface area contributed by atoms with Gasteiger partial charge in [0.05, 0.1) is 17.2 Å². The van der Waals surface area contributed by atoms with Crippen molar-refractivity contribution in [3.05, 3.63) is 88.9 Å². The molecule has 0 aliphatic carbocycles. The standard InChI is InChI=1S/C28H32ClN3O5S/c1-5-37-25-13-11-24(12-14-25)32(38(35,36)26-15-9-23(29)10-16-26)19-27(33)31(21(3)28(34)30-4)18-22-8-6-7-20(2)17-22/h6-17,21H,5,18-19H2,1-4H3,(H,30,34)/t21-/m1/s1. The Balaban J connectivity index is 2.03. The summed E-state index contributed by atoms with van der Waals surface area (Å²) in [5.41, 5.74) is 2.10. The van der Waals surface area contributed by atoms with Crippen LogP contribution in [0.2, 0.25) is 5.02 Å². The smallest absolute Gasteiger partial charge is 0.264 e. The van der Waals surface area contributed by atoms with Gasteiger partial charge in [-0.05, 0) is 74.9 Å². The van der Waals surface area contributed by atoms with Crippen LogP contribution in [-0.2, 0) is 26.2 Å². The van der Waals surface area contributed by atoms with E-state index < -0.39 is 28.5 Å². The van der Waals surface area contributed by atoms with E-state index >= 15 is 0 Å². The van der Waals surface area contributed by atoms with E-state index in [1.54, 1.807) is 31.2 Å². The summed E-state index contributed by atoms with van der Waals surface area (Å²) in [5, 5.41) is 2.96. The number of halogens is 1. The van der Waals surface area contributed by atoms with Crippen molar-refractivity contribution in [2.75, 3.05) is 24.5 Å². The molecule has 0 aliphatic rings. The lowest BCUT2D eigenvalue weighted by molar-refractivity contribution is -0.139. The molecule has 8 nitrogen and oxygen atoms in total. The number of likely N-dealkylation sites (N-methyl/N-ethyl adjacent to an activating group) is 1. The predicted molar refractivity (Wildman–Crippen MR) is 149 cm³/mol. The molecular weight excluding hydrogens is 526 g/mol. The van der Waals surface area contributed by atoms with Gasteiger partial charge in [-0.2, -0.15) is 0 Å². The summed E-state index contributed by atoms with van der Waals surface area (Å²) in [6, 6.07) is 18.9. The number of aryl methyl sites for hydroxylation is 1. The molecule has 2 amide bonds. The molecule has 0 aliphatic heterocycles. The maximum absolute atomic E-state index is 13.8. The number of benzene rings is 3. The Morgan fingerprint density at radius 3 is 2.26 bits per heavy atom. The summed E-state index contributed by atoms with van der Waals surface area (Å²) < 4.78 is 34.1. The third-order valence-electron chi connectivity index (χ3n) is 5.97. The lowest BCUT2D eigenvalue weighted by Crippen LogP contribution is -2.50. The Labute approximate surface area is 229 Å². The van der Waals surface area contributed by atoms with Gasteiger partial charge in [-0.3, -0.25) is 13.9 Å². The fourth-order valence-corrected chi connectivity index (χ4v) is 5.48. The molecular formula is C28H32ClN3O5S. The van der Waals surface area contributed by atoms with Crippen LogP contribution in [0.4, 0.5) is 5.69 Å². The summed E-state index contributed by atoms with van der Waals surface area (Å²) in [4.78, 5) is 27.7. The summed E-state index contributed by atoms with van der Waals surface area (Å²) >= 11 is 5.98. The first kappa shape index (κ1) is 29.0. The minimum absolute atomic E-state index is 0.0202. The van der Waals surface area contributed by atoms with E-state index in [4.69, 9.17) is 16.3 Å². The first-order valence-electron chi connectivity index (χ1n) is 12.1. The number of sulfonamides is 1. The Hall–Kier alpha value is -3.56. The Morgan fingerprint density at radius 2 is 1.68 bits per heavy atom. The van der Waals surface area contributed by atoms with Crippen LogP contribution in [-0.4, -0.2) is 51.4 Å². The molecule has 0 heterocycles. The topological polar surface area (TPSA) is 96.0 Å². The Kier molecular flexibility index (Phi) is 9.77. The van der Waals surface area contributed by atoms with Crippen LogP contribution in [0.1, 0.15) is 25.0 Å². The van der Waals surface area contributed by atoms with Gasteiger partial charge < -0.3 is 15.0 Å². The van der Waals surface area contributed by atoms with Crippen molar-refractivity contribution in [3.8, 4) is 5.75 Å². The average molecular weight is 558 g/mol. The Bertz CT molecular complexity index is 1360. The highest BCUT2D eigenvalue weighted by molar-refractivity contribution is 7.92. The largest absolute Gasteiger partial charge is 0.494 e. The highest BCUT2D eigenvalue weighted by Gasteiger charge is 2.32. The van der Waals surface area contributed by atoms with E-state index in [0.29, 0.717) is 17.4 Å². The summed E-state index contributed by atoms with van der Waals surface area (Å²) in [6.07, 6.45) is 0. The van der Waals surface area contributed by atoms with Crippen molar-refractivity contribution in [1.29, 1.82) is 0 Å². The first-order chi connectivity index (χ1) is 18.1. The number of hydrogen-bond donors (Lipinski definition) is 1. The highest BCUT2D eigenvalue weighted by Crippen LogP contribution is 2.27. The van der Waals surface area contributed by atoms with Crippen LogP contribution in [0, 0.1) is 6.92 Å². The zero-order valence-electron chi connectivity index (χ0n) is 21.8. The molecule has 1 atom stereocenters. The number of anilines is 1. The quantitative estimate of drug-likeness (QED) is 0.377. The average Bonchev–Trinajstić information content (AvgIpc) is 2.90. The second kappa shape index (κ2) is 12.8. The number of amides is 2. The normalized spacial score (nSPS) is 11.9. The van der Waals surface area contributed by atoms with Crippen molar-refractivity contribution in [2.45, 2.75) is 38.3 Å². The highest BCUT2D eigenvalue weighted by atomic mass is 35.5. The van der Waals surface area contributed by atoms with Gasteiger partial charge in [0, 0.05) is 18.6 Å². The number of ether oxygens (including phenoxy) is 1. The molecule has 0 saturated carbocycles. The van der Waals surface area contributed by atoms with Crippen molar-refractivity contribution >= 4 is 39.1 Å². The van der Waals surface area contributed by atoms with E-state index in [2.05, 4.69) is 5.32 Å². The summed E-state index contributed by atoms with van der Waals surface area (Å²) in [6.45, 7) is 5.46. The van der Waals surface area contributed by atoms with Crippen molar-refractivity contribution in [2.24, 2.45) is 0 Å². The zero-order valence-corrected chi connectivity index (χ0v) is 23.4. The molecule has 0 saturated heterocycles. The zero-order chi connectivity index (χ0) is 27.9. The lowest BCUT2D eigenvalue weighted by atomic mass is 10.1. The van der Waals surface area contributed by atoms with Crippen molar-refractivity contribution in [1.82, 2.24) is 10.2 Å². The van der Waals surface area contributed by atoms with Crippen LogP contribution in [0.15, 0.2) is 77.7 Å². The fraction of sp³-hybridized carbons (Fsp3) is 0.286. The second-order valence-corrected chi connectivity index (χ2v) is 11.0. The molecule has 38 heavy (non-hydrogen) atoms. The van der Waals surface area contributed by atoms with E-state index in [9.17, 15) is 18.0 Å². The van der Waals surface area contributed by atoms with Gasteiger partial charge in [0.25, 0.3) is 10.0 Å². The van der Waals surface area contributed by atoms with Crippen LogP contribution in [0.25, 0.3) is 0 Å². The van der Waals surface area contributed by atoms with E-state index in [-0.39, 0.29) is 23.0 Å². The number of rotatable bonds is 11. The van der Waals surface area contributed by atoms with Gasteiger partial charge in [-0.25, -0.2) is 8.42 Å². The van der Waals surface area contributed by atoms with Crippen molar-refractivity contribution < 1.29 is 22.7 Å². The number of nitrogens with one attached hydrogen (secondary N) is 1. The molecule has 3 aromatic rings. The van der Waals surface area contributed by atoms with Gasteiger partial charge in [0.2, 0.25) is 11.8 Å². The fourth-order valence-electron chi connectivity index (χ4n) is 3.94. The van der Waals surface area contributed by atoms with Gasteiger partial charge in [0.1, 0.15) is 18.3 Å². The predicted octanol–water partition coefficient (Wildman–Crippen LogP) is 4.41. The van der Waals surface area contributed by atoms with Gasteiger partial charge >= 0.3 is 0 Å². The molecule has 1 N–H and O–H groups in total. The van der Waals surface area contributed by atoms with Crippen molar-refractivity contribution in [3.63, 3.8) is 0 Å². The van der Waals surface area contributed by atoms with Crippen LogP contribution in [0.3, 0.4) is 0 Å². The molecule has 0 radical (unpaired) electrons. The molecule has 0 aromatic heterocycles. The minimum atomic E-state index is -4.17. The molecule has 3 rings (SSSR count). The first-order valence-corrected chi connectivity index (χ1v) is 14.0. The number of nitrogens with zero attached hydrogens (tertiary/aromatic N) is 2. The molecule has 0 fully saturated rings. The van der Waals surface area contributed by atoms with Crippen LogP contribution < -0.4 is 14.4 Å². The summed E-state index contributed by atoms with van der Waals surface area (Å²) in [7, 11) is -2.68. The Morgan fingerprint density at radius 1 is 1.03 bits per heavy atom.